The summed E-state index contributed by atoms with van der Waals surface area (Å²) in [6, 6.07) is 8.70. The highest BCUT2D eigenvalue weighted by atomic mass is 32.2. The number of aryl methyl sites for hydroxylation is 2. The van der Waals surface area contributed by atoms with Crippen molar-refractivity contribution in [3.05, 3.63) is 53.9 Å². The second-order valence-corrected chi connectivity index (χ2v) is 8.61. The molecule has 0 atom stereocenters. The maximum absolute atomic E-state index is 12.7. The van der Waals surface area contributed by atoms with Gasteiger partial charge in [0.2, 0.25) is 15.9 Å². The van der Waals surface area contributed by atoms with Gasteiger partial charge in [0.05, 0.1) is 16.8 Å². The van der Waals surface area contributed by atoms with E-state index in [4.69, 9.17) is 0 Å². The standard InChI is InChI=1S/C19H23N3O3S/c1-14-3-5-17(6-4-14)26(24,25)22-11-8-16(9-12-22)19(23)21-18-13-20-10-7-15(18)2/h3-7,10,13,16H,8-9,11-12H2,1-2H3,(H,21,23). The van der Waals surface area contributed by atoms with E-state index in [0.717, 1.165) is 11.1 Å². The maximum Gasteiger partial charge on any atom is 0.243 e. The maximum atomic E-state index is 12.7. The van der Waals surface area contributed by atoms with Gasteiger partial charge in [0.25, 0.3) is 0 Å². The Morgan fingerprint density at radius 3 is 2.38 bits per heavy atom. The van der Waals surface area contributed by atoms with E-state index in [-0.39, 0.29) is 11.8 Å². The zero-order chi connectivity index (χ0) is 18.7. The van der Waals surface area contributed by atoms with Crippen molar-refractivity contribution in [2.45, 2.75) is 31.6 Å². The third-order valence-corrected chi connectivity index (χ3v) is 6.69. The van der Waals surface area contributed by atoms with Gasteiger partial charge in [0, 0.05) is 25.2 Å². The third kappa shape index (κ3) is 3.94. The lowest BCUT2D eigenvalue weighted by atomic mass is 9.97. The minimum Gasteiger partial charge on any atom is -0.324 e. The van der Waals surface area contributed by atoms with Crippen LogP contribution in [-0.2, 0) is 14.8 Å². The Bertz CT molecular complexity index is 887. The van der Waals surface area contributed by atoms with Gasteiger partial charge in [-0.1, -0.05) is 17.7 Å². The molecule has 0 bridgehead atoms. The number of nitrogens with zero attached hydrogens (tertiary/aromatic N) is 2. The molecular weight excluding hydrogens is 350 g/mol. The molecule has 1 aliphatic heterocycles. The first kappa shape index (κ1) is 18.5. The number of sulfonamides is 1. The minimum absolute atomic E-state index is 0.0755. The van der Waals surface area contributed by atoms with Crippen LogP contribution in [0.5, 0.6) is 0 Å². The van der Waals surface area contributed by atoms with Crippen LogP contribution in [0, 0.1) is 19.8 Å². The van der Waals surface area contributed by atoms with Gasteiger partial charge in [0.1, 0.15) is 0 Å². The number of amides is 1. The largest absolute Gasteiger partial charge is 0.324 e. The van der Waals surface area contributed by atoms with Crippen LogP contribution in [0.1, 0.15) is 24.0 Å². The van der Waals surface area contributed by atoms with E-state index in [9.17, 15) is 13.2 Å². The third-order valence-electron chi connectivity index (χ3n) is 4.78. The number of nitrogens with one attached hydrogen (secondary N) is 1. The number of pyridine rings is 1. The van der Waals surface area contributed by atoms with Gasteiger partial charge in [0.15, 0.2) is 0 Å². The van der Waals surface area contributed by atoms with Gasteiger partial charge in [-0.2, -0.15) is 4.31 Å². The van der Waals surface area contributed by atoms with Crippen LogP contribution >= 0.6 is 0 Å². The van der Waals surface area contributed by atoms with Crippen molar-refractivity contribution in [1.29, 1.82) is 0 Å². The van der Waals surface area contributed by atoms with Crippen molar-refractivity contribution in [2.75, 3.05) is 18.4 Å². The fourth-order valence-electron chi connectivity index (χ4n) is 3.05. The topological polar surface area (TPSA) is 79.4 Å². The predicted molar refractivity (Wildman–Crippen MR) is 100 cm³/mol. The van der Waals surface area contributed by atoms with Crippen molar-refractivity contribution in [3.8, 4) is 0 Å². The molecule has 1 aliphatic rings. The molecule has 1 saturated heterocycles. The smallest absolute Gasteiger partial charge is 0.243 e. The first-order valence-corrected chi connectivity index (χ1v) is 10.1. The van der Waals surface area contributed by atoms with Gasteiger partial charge in [-0.15, -0.1) is 0 Å². The summed E-state index contributed by atoms with van der Waals surface area (Å²) < 4.78 is 26.9. The summed E-state index contributed by atoms with van der Waals surface area (Å²) >= 11 is 0. The number of aromatic nitrogens is 1. The molecule has 1 fully saturated rings. The van der Waals surface area contributed by atoms with Gasteiger partial charge < -0.3 is 5.32 Å². The summed E-state index contributed by atoms with van der Waals surface area (Å²) in [6.45, 7) is 4.53. The van der Waals surface area contributed by atoms with Crippen LogP contribution in [0.2, 0.25) is 0 Å². The van der Waals surface area contributed by atoms with Crippen molar-refractivity contribution >= 4 is 21.6 Å². The summed E-state index contributed by atoms with van der Waals surface area (Å²) in [5.74, 6) is -0.271. The Kier molecular flexibility index (Phi) is 5.38. The lowest BCUT2D eigenvalue weighted by molar-refractivity contribution is -0.120. The molecule has 3 rings (SSSR count). The van der Waals surface area contributed by atoms with Gasteiger partial charge >= 0.3 is 0 Å². The Hall–Kier alpha value is -2.25. The van der Waals surface area contributed by atoms with E-state index >= 15 is 0 Å². The summed E-state index contributed by atoms with van der Waals surface area (Å²) in [6.07, 6.45) is 4.33. The van der Waals surface area contributed by atoms with Gasteiger partial charge in [-0.25, -0.2) is 8.42 Å². The first-order chi connectivity index (χ1) is 12.4. The molecule has 26 heavy (non-hydrogen) atoms. The van der Waals surface area contributed by atoms with E-state index in [2.05, 4.69) is 10.3 Å². The quantitative estimate of drug-likeness (QED) is 0.894. The van der Waals surface area contributed by atoms with Crippen molar-refractivity contribution in [1.82, 2.24) is 9.29 Å². The summed E-state index contributed by atoms with van der Waals surface area (Å²) in [7, 11) is -3.50. The van der Waals surface area contributed by atoms with Gasteiger partial charge in [-0.3, -0.25) is 9.78 Å². The fraction of sp³-hybridized carbons (Fsp3) is 0.368. The van der Waals surface area contributed by atoms with Crippen molar-refractivity contribution in [3.63, 3.8) is 0 Å². The van der Waals surface area contributed by atoms with Crippen molar-refractivity contribution < 1.29 is 13.2 Å². The fourth-order valence-corrected chi connectivity index (χ4v) is 4.52. The molecule has 2 aromatic rings. The van der Waals surface area contributed by atoms with E-state index in [1.54, 1.807) is 36.7 Å². The molecule has 0 unspecified atom stereocenters. The molecule has 1 aromatic heterocycles. The van der Waals surface area contributed by atoms with Gasteiger partial charge in [-0.05, 0) is 50.5 Å². The van der Waals surface area contributed by atoms with E-state index in [1.807, 2.05) is 19.9 Å². The summed E-state index contributed by atoms with van der Waals surface area (Å²) in [4.78, 5) is 16.8. The molecule has 138 valence electrons. The number of benzene rings is 1. The highest BCUT2D eigenvalue weighted by Gasteiger charge is 2.32. The molecule has 2 heterocycles. The predicted octanol–water partition coefficient (Wildman–Crippen LogP) is 2.74. The Labute approximate surface area is 154 Å². The summed E-state index contributed by atoms with van der Waals surface area (Å²) in [5, 5.41) is 2.90. The first-order valence-electron chi connectivity index (χ1n) is 8.66. The average Bonchev–Trinajstić information content (AvgIpc) is 2.64. The Balaban J connectivity index is 1.62. The number of piperidine rings is 1. The zero-order valence-electron chi connectivity index (χ0n) is 15.0. The van der Waals surface area contributed by atoms with Crippen LogP contribution in [0.3, 0.4) is 0 Å². The number of carbonyl (C=O) groups excluding carboxylic acids is 1. The molecule has 1 amide bonds. The molecule has 0 saturated carbocycles. The van der Waals surface area contributed by atoms with E-state index in [0.29, 0.717) is 36.5 Å². The molecule has 7 heteroatoms. The van der Waals surface area contributed by atoms with E-state index < -0.39 is 10.0 Å². The second kappa shape index (κ2) is 7.55. The molecule has 6 nitrogen and oxygen atoms in total. The highest BCUT2D eigenvalue weighted by molar-refractivity contribution is 7.89. The van der Waals surface area contributed by atoms with Crippen LogP contribution in [0.25, 0.3) is 0 Å². The number of anilines is 1. The van der Waals surface area contributed by atoms with Crippen LogP contribution < -0.4 is 5.32 Å². The van der Waals surface area contributed by atoms with Crippen LogP contribution in [0.15, 0.2) is 47.6 Å². The minimum atomic E-state index is -3.50. The number of hydrogen-bond donors (Lipinski definition) is 1. The molecule has 1 N–H and O–H groups in total. The summed E-state index contributed by atoms with van der Waals surface area (Å²) in [5.41, 5.74) is 2.67. The van der Waals surface area contributed by atoms with Crippen LogP contribution in [-0.4, -0.2) is 36.7 Å². The average molecular weight is 373 g/mol. The van der Waals surface area contributed by atoms with Crippen LogP contribution in [0.4, 0.5) is 5.69 Å². The monoisotopic (exact) mass is 373 g/mol. The molecular formula is C19H23N3O3S. The number of rotatable bonds is 4. The number of hydrogen-bond acceptors (Lipinski definition) is 4. The molecule has 1 aromatic carbocycles. The SMILES string of the molecule is Cc1ccc(S(=O)(=O)N2CCC(C(=O)Nc3cnccc3C)CC2)cc1. The molecule has 0 radical (unpaired) electrons. The zero-order valence-corrected chi connectivity index (χ0v) is 15.8. The normalized spacial score (nSPS) is 16.4. The van der Waals surface area contributed by atoms with Crippen molar-refractivity contribution in [2.24, 2.45) is 5.92 Å². The Morgan fingerprint density at radius 2 is 1.77 bits per heavy atom. The lowest BCUT2D eigenvalue weighted by Crippen LogP contribution is -2.41. The lowest BCUT2D eigenvalue weighted by Gasteiger charge is -2.30. The molecule has 0 spiro atoms. The second-order valence-electron chi connectivity index (χ2n) is 6.67. The highest BCUT2D eigenvalue weighted by Crippen LogP contribution is 2.25. The Morgan fingerprint density at radius 1 is 1.12 bits per heavy atom. The number of carbonyl (C=O) groups is 1. The van der Waals surface area contributed by atoms with E-state index in [1.165, 1.54) is 4.31 Å². The molecule has 0 aliphatic carbocycles.